The molecule has 156 valence electrons. The SMILES string of the molecule is C=CCn1c(C)nnc1SCC(=O)Nc1sc2c(c1C(=O)OCC)CCC(C)C2. The molecule has 0 aromatic carbocycles. The summed E-state index contributed by atoms with van der Waals surface area (Å²) in [5.74, 6) is 0.991. The van der Waals surface area contributed by atoms with Gasteiger partial charge in [0.2, 0.25) is 5.91 Å². The number of fused-ring (bicyclic) bond motifs is 1. The second kappa shape index (κ2) is 9.58. The number of nitrogens with zero attached hydrogens (tertiary/aromatic N) is 3. The minimum Gasteiger partial charge on any atom is -0.462 e. The molecular weight excluding hydrogens is 408 g/mol. The van der Waals surface area contributed by atoms with Gasteiger partial charge in [-0.05, 0) is 44.6 Å². The summed E-state index contributed by atoms with van der Waals surface area (Å²) < 4.78 is 7.16. The number of hydrogen-bond donors (Lipinski definition) is 1. The molecular formula is C20H26N4O3S2. The predicted octanol–water partition coefficient (Wildman–Crippen LogP) is 3.87. The van der Waals surface area contributed by atoms with Crippen molar-refractivity contribution in [2.45, 2.75) is 51.7 Å². The maximum Gasteiger partial charge on any atom is 0.341 e. The summed E-state index contributed by atoms with van der Waals surface area (Å²) >= 11 is 2.81. The van der Waals surface area contributed by atoms with E-state index in [1.165, 1.54) is 28.0 Å². The largest absolute Gasteiger partial charge is 0.462 e. The number of nitrogens with one attached hydrogen (secondary N) is 1. The predicted molar refractivity (Wildman–Crippen MR) is 116 cm³/mol. The van der Waals surface area contributed by atoms with E-state index >= 15 is 0 Å². The van der Waals surface area contributed by atoms with E-state index in [4.69, 9.17) is 4.74 Å². The Labute approximate surface area is 178 Å². The van der Waals surface area contributed by atoms with Crippen LogP contribution in [0.2, 0.25) is 0 Å². The summed E-state index contributed by atoms with van der Waals surface area (Å²) in [6, 6.07) is 0. The summed E-state index contributed by atoms with van der Waals surface area (Å²) in [6.45, 7) is 10.5. The Bertz CT molecular complexity index is 919. The molecule has 2 aromatic rings. The van der Waals surface area contributed by atoms with E-state index in [0.717, 1.165) is 30.7 Å². The van der Waals surface area contributed by atoms with Crippen LogP contribution in [0, 0.1) is 12.8 Å². The van der Waals surface area contributed by atoms with Crippen LogP contribution in [0.3, 0.4) is 0 Å². The minimum atomic E-state index is -0.358. The van der Waals surface area contributed by atoms with Crippen LogP contribution >= 0.6 is 23.1 Å². The van der Waals surface area contributed by atoms with E-state index in [-0.39, 0.29) is 17.6 Å². The topological polar surface area (TPSA) is 86.1 Å². The van der Waals surface area contributed by atoms with Gasteiger partial charge in [-0.3, -0.25) is 4.79 Å². The molecule has 0 aliphatic heterocycles. The number of thiophene rings is 1. The number of allylic oxidation sites excluding steroid dienone is 1. The number of carbonyl (C=O) groups excluding carboxylic acids is 2. The van der Waals surface area contributed by atoms with Gasteiger partial charge < -0.3 is 14.6 Å². The Morgan fingerprint density at radius 2 is 2.24 bits per heavy atom. The fourth-order valence-electron chi connectivity index (χ4n) is 3.36. The van der Waals surface area contributed by atoms with Gasteiger partial charge in [-0.15, -0.1) is 28.1 Å². The number of hydrogen-bond acceptors (Lipinski definition) is 7. The highest BCUT2D eigenvalue weighted by Crippen LogP contribution is 2.40. The third-order valence-electron chi connectivity index (χ3n) is 4.79. The van der Waals surface area contributed by atoms with Crippen molar-refractivity contribution in [3.05, 3.63) is 34.5 Å². The van der Waals surface area contributed by atoms with Crippen LogP contribution in [0.25, 0.3) is 0 Å². The molecule has 1 aliphatic carbocycles. The average Bonchev–Trinajstić information content (AvgIpc) is 3.20. The first-order valence-electron chi connectivity index (χ1n) is 9.69. The molecule has 29 heavy (non-hydrogen) atoms. The lowest BCUT2D eigenvalue weighted by Crippen LogP contribution is -2.18. The van der Waals surface area contributed by atoms with E-state index in [9.17, 15) is 9.59 Å². The van der Waals surface area contributed by atoms with E-state index in [0.29, 0.717) is 34.8 Å². The van der Waals surface area contributed by atoms with Gasteiger partial charge in [-0.2, -0.15) is 0 Å². The first-order chi connectivity index (χ1) is 13.9. The number of aryl methyl sites for hydroxylation is 1. The Morgan fingerprint density at radius 1 is 1.45 bits per heavy atom. The van der Waals surface area contributed by atoms with E-state index in [1.54, 1.807) is 13.0 Å². The van der Waals surface area contributed by atoms with Crippen molar-refractivity contribution < 1.29 is 14.3 Å². The summed E-state index contributed by atoms with van der Waals surface area (Å²) in [6.07, 6.45) is 4.58. The van der Waals surface area contributed by atoms with Crippen LogP contribution in [-0.2, 0) is 28.9 Å². The summed E-state index contributed by atoms with van der Waals surface area (Å²) in [5, 5.41) is 12.4. The highest BCUT2D eigenvalue weighted by Gasteiger charge is 2.29. The number of aromatic nitrogens is 3. The summed E-state index contributed by atoms with van der Waals surface area (Å²) in [5.41, 5.74) is 1.57. The highest BCUT2D eigenvalue weighted by atomic mass is 32.2. The summed E-state index contributed by atoms with van der Waals surface area (Å²) in [7, 11) is 0. The van der Waals surface area contributed by atoms with Crippen molar-refractivity contribution in [3.8, 4) is 0 Å². The normalized spacial score (nSPS) is 15.6. The molecule has 1 amide bonds. The molecule has 0 saturated carbocycles. The Balaban J connectivity index is 1.74. The second-order valence-electron chi connectivity index (χ2n) is 7.04. The smallest absolute Gasteiger partial charge is 0.341 e. The number of amides is 1. The van der Waals surface area contributed by atoms with Gasteiger partial charge >= 0.3 is 5.97 Å². The molecule has 3 rings (SSSR count). The van der Waals surface area contributed by atoms with Gasteiger partial charge in [-0.1, -0.05) is 24.8 Å². The van der Waals surface area contributed by atoms with Crippen molar-refractivity contribution in [2.75, 3.05) is 17.7 Å². The van der Waals surface area contributed by atoms with Gasteiger partial charge in [0.05, 0.1) is 17.9 Å². The zero-order valence-electron chi connectivity index (χ0n) is 17.0. The van der Waals surface area contributed by atoms with Crippen LogP contribution in [-0.4, -0.2) is 39.0 Å². The van der Waals surface area contributed by atoms with Crippen LogP contribution in [0.4, 0.5) is 5.00 Å². The van der Waals surface area contributed by atoms with Gasteiger partial charge in [0.25, 0.3) is 0 Å². The van der Waals surface area contributed by atoms with Gasteiger partial charge in [0.15, 0.2) is 5.16 Å². The quantitative estimate of drug-likeness (QED) is 0.386. The molecule has 0 saturated heterocycles. The monoisotopic (exact) mass is 434 g/mol. The maximum atomic E-state index is 12.6. The highest BCUT2D eigenvalue weighted by molar-refractivity contribution is 7.99. The standard InChI is InChI=1S/C20H26N4O3S2/c1-5-9-24-13(4)22-23-20(24)28-11-16(25)21-18-17(19(26)27-6-2)14-8-7-12(3)10-15(14)29-18/h5,12H,1,6-11H2,2-4H3,(H,21,25). The molecule has 7 nitrogen and oxygen atoms in total. The van der Waals surface area contributed by atoms with Crippen LogP contribution in [0.1, 0.15) is 46.9 Å². The first kappa shape index (κ1) is 21.6. The van der Waals surface area contributed by atoms with Crippen LogP contribution < -0.4 is 5.32 Å². The van der Waals surface area contributed by atoms with E-state index < -0.39 is 0 Å². The van der Waals surface area contributed by atoms with Crippen LogP contribution in [0.15, 0.2) is 17.8 Å². The lowest BCUT2D eigenvalue weighted by atomic mass is 9.88. The second-order valence-corrected chi connectivity index (χ2v) is 9.09. The molecule has 1 N–H and O–H groups in total. The Morgan fingerprint density at radius 3 is 2.97 bits per heavy atom. The molecule has 0 fully saturated rings. The van der Waals surface area contributed by atoms with Gasteiger partial charge in [0, 0.05) is 11.4 Å². The van der Waals surface area contributed by atoms with E-state index in [2.05, 4.69) is 29.0 Å². The number of ether oxygens (including phenoxy) is 1. The molecule has 2 heterocycles. The molecule has 2 aromatic heterocycles. The average molecular weight is 435 g/mol. The molecule has 0 bridgehead atoms. The Kier molecular flexibility index (Phi) is 7.13. The molecule has 1 aliphatic rings. The maximum absolute atomic E-state index is 12.6. The summed E-state index contributed by atoms with van der Waals surface area (Å²) in [4.78, 5) is 26.4. The van der Waals surface area contributed by atoms with E-state index in [1.807, 2.05) is 11.5 Å². The fraction of sp³-hybridized carbons (Fsp3) is 0.500. The number of rotatable bonds is 8. The first-order valence-corrected chi connectivity index (χ1v) is 11.5. The molecule has 1 atom stereocenters. The van der Waals surface area contributed by atoms with Crippen molar-refractivity contribution in [2.24, 2.45) is 5.92 Å². The van der Waals surface area contributed by atoms with Crippen LogP contribution in [0.5, 0.6) is 0 Å². The number of anilines is 1. The van der Waals surface area contributed by atoms with Gasteiger partial charge in [0.1, 0.15) is 10.8 Å². The van der Waals surface area contributed by atoms with Crippen molar-refractivity contribution >= 4 is 40.0 Å². The van der Waals surface area contributed by atoms with Crippen molar-refractivity contribution in [1.82, 2.24) is 14.8 Å². The van der Waals surface area contributed by atoms with Gasteiger partial charge in [-0.25, -0.2) is 4.79 Å². The molecule has 0 spiro atoms. The lowest BCUT2D eigenvalue weighted by Gasteiger charge is -2.18. The zero-order valence-corrected chi connectivity index (χ0v) is 18.6. The number of esters is 1. The third-order valence-corrected chi connectivity index (χ3v) is 6.93. The molecule has 1 unspecified atom stereocenters. The zero-order chi connectivity index (χ0) is 21.0. The fourth-order valence-corrected chi connectivity index (χ4v) is 5.57. The van der Waals surface area contributed by atoms with Crippen molar-refractivity contribution in [3.63, 3.8) is 0 Å². The molecule has 9 heteroatoms. The minimum absolute atomic E-state index is 0.177. The number of carbonyl (C=O) groups is 2. The van der Waals surface area contributed by atoms with Crippen molar-refractivity contribution in [1.29, 1.82) is 0 Å². The third kappa shape index (κ3) is 4.90. The lowest BCUT2D eigenvalue weighted by molar-refractivity contribution is -0.113. The Hall–Kier alpha value is -2.13. The molecule has 0 radical (unpaired) electrons. The number of thioether (sulfide) groups is 1.